The maximum atomic E-state index is 11.4. The van der Waals surface area contributed by atoms with Crippen molar-refractivity contribution >= 4 is 21.8 Å². The lowest BCUT2D eigenvalue weighted by atomic mass is 10.4. The molecule has 0 aromatic heterocycles. The predicted octanol–water partition coefficient (Wildman–Crippen LogP) is 0.0208. The van der Waals surface area contributed by atoms with Gasteiger partial charge in [-0.05, 0) is 26.1 Å². The molecule has 84 valence electrons. The molecule has 0 atom stereocenters. The molecule has 2 N–H and O–H groups in total. The van der Waals surface area contributed by atoms with Crippen LogP contribution in [0.2, 0.25) is 0 Å². The molecule has 0 saturated heterocycles. The second kappa shape index (κ2) is 4.83. The Morgan fingerprint density at radius 2 is 2.07 bits per heavy atom. The van der Waals surface area contributed by atoms with Crippen molar-refractivity contribution in [3.8, 4) is 0 Å². The number of sulfonamides is 1. The van der Waals surface area contributed by atoms with E-state index in [0.29, 0.717) is 13.1 Å². The lowest BCUT2D eigenvalue weighted by molar-refractivity contribution is 0.577. The van der Waals surface area contributed by atoms with E-state index in [9.17, 15) is 8.42 Å². The van der Waals surface area contributed by atoms with E-state index in [0.717, 1.165) is 12.8 Å². The summed E-state index contributed by atoms with van der Waals surface area (Å²) >= 11 is 1.76. The van der Waals surface area contributed by atoms with Gasteiger partial charge >= 0.3 is 0 Å². The van der Waals surface area contributed by atoms with Crippen molar-refractivity contribution in [2.75, 3.05) is 32.1 Å². The first-order chi connectivity index (χ1) is 6.54. The Morgan fingerprint density at radius 1 is 1.43 bits per heavy atom. The van der Waals surface area contributed by atoms with Crippen LogP contribution in [0, 0.1) is 0 Å². The number of rotatable bonds is 7. The highest BCUT2D eigenvalue weighted by molar-refractivity contribution is 8.00. The predicted molar refractivity (Wildman–Crippen MR) is 61.2 cm³/mol. The van der Waals surface area contributed by atoms with Crippen molar-refractivity contribution in [1.82, 2.24) is 10.0 Å². The van der Waals surface area contributed by atoms with Crippen LogP contribution < -0.4 is 10.0 Å². The van der Waals surface area contributed by atoms with E-state index in [1.165, 1.54) is 0 Å². The van der Waals surface area contributed by atoms with Gasteiger partial charge in [0, 0.05) is 17.8 Å². The van der Waals surface area contributed by atoms with E-state index in [2.05, 4.69) is 10.0 Å². The second-order valence-corrected chi connectivity index (χ2v) is 6.83. The van der Waals surface area contributed by atoms with E-state index in [1.54, 1.807) is 18.8 Å². The van der Waals surface area contributed by atoms with Crippen LogP contribution in [0.5, 0.6) is 0 Å². The van der Waals surface area contributed by atoms with E-state index < -0.39 is 10.0 Å². The molecule has 0 aliphatic heterocycles. The molecule has 0 radical (unpaired) electrons. The Labute approximate surface area is 90.3 Å². The zero-order chi connectivity index (χ0) is 10.7. The number of nitrogens with one attached hydrogen (secondary N) is 2. The topological polar surface area (TPSA) is 58.2 Å². The van der Waals surface area contributed by atoms with Gasteiger partial charge < -0.3 is 5.32 Å². The molecule has 0 aromatic rings. The van der Waals surface area contributed by atoms with Gasteiger partial charge in [-0.15, -0.1) is 0 Å². The molecule has 1 fully saturated rings. The van der Waals surface area contributed by atoms with Crippen molar-refractivity contribution in [3.05, 3.63) is 0 Å². The van der Waals surface area contributed by atoms with Gasteiger partial charge in [0.25, 0.3) is 0 Å². The third kappa shape index (κ3) is 3.76. The molecule has 0 bridgehead atoms. The molecule has 1 aliphatic carbocycles. The van der Waals surface area contributed by atoms with E-state index in [4.69, 9.17) is 0 Å². The highest BCUT2D eigenvalue weighted by Gasteiger charge is 2.42. The molecule has 1 saturated carbocycles. The Bertz CT molecular complexity index is 273. The molecule has 0 heterocycles. The van der Waals surface area contributed by atoms with Gasteiger partial charge in [0.15, 0.2) is 0 Å². The summed E-state index contributed by atoms with van der Waals surface area (Å²) in [7, 11) is -1.32. The van der Waals surface area contributed by atoms with Crippen LogP contribution in [-0.2, 0) is 10.0 Å². The summed E-state index contributed by atoms with van der Waals surface area (Å²) in [4.78, 5) is 0. The maximum Gasteiger partial charge on any atom is 0.212 e. The lowest BCUT2D eigenvalue weighted by Gasteiger charge is -2.13. The Morgan fingerprint density at radius 3 is 2.50 bits per heavy atom. The summed E-state index contributed by atoms with van der Waals surface area (Å²) in [6.07, 6.45) is 4.29. The molecule has 1 aliphatic rings. The normalized spacial score (nSPS) is 19.6. The summed E-state index contributed by atoms with van der Waals surface area (Å²) in [6.45, 7) is 1.09. The molecule has 1 rings (SSSR count). The summed E-state index contributed by atoms with van der Waals surface area (Å²) in [5, 5.41) is 2.83. The molecular weight excluding hydrogens is 220 g/mol. The summed E-state index contributed by atoms with van der Waals surface area (Å²) in [5.74, 6) is 0.161. The minimum absolute atomic E-state index is 0.161. The fraction of sp³-hybridized carbons (Fsp3) is 1.00. The average Bonchev–Trinajstić information content (AvgIpc) is 2.93. The van der Waals surface area contributed by atoms with Crippen molar-refractivity contribution < 1.29 is 8.42 Å². The standard InChI is InChI=1S/C8H18N2O2S2/c1-9-5-6-14(11,12)10-7-8(13-2)3-4-8/h9-10H,3-7H2,1-2H3. The molecule has 14 heavy (non-hydrogen) atoms. The number of hydrogen-bond acceptors (Lipinski definition) is 4. The summed E-state index contributed by atoms with van der Waals surface area (Å²) in [5.41, 5.74) is 0. The SMILES string of the molecule is CNCCS(=O)(=O)NCC1(SC)CC1. The van der Waals surface area contributed by atoms with Crippen LogP contribution >= 0.6 is 11.8 Å². The smallest absolute Gasteiger partial charge is 0.212 e. The van der Waals surface area contributed by atoms with Crippen LogP contribution in [0.15, 0.2) is 0 Å². The van der Waals surface area contributed by atoms with Gasteiger partial charge in [-0.3, -0.25) is 0 Å². The first kappa shape index (κ1) is 12.3. The van der Waals surface area contributed by atoms with Gasteiger partial charge in [0.05, 0.1) is 5.75 Å². The van der Waals surface area contributed by atoms with Gasteiger partial charge in [-0.25, -0.2) is 13.1 Å². The van der Waals surface area contributed by atoms with Crippen LogP contribution in [0.25, 0.3) is 0 Å². The van der Waals surface area contributed by atoms with Crippen LogP contribution in [0.4, 0.5) is 0 Å². The van der Waals surface area contributed by atoms with Crippen LogP contribution in [0.3, 0.4) is 0 Å². The molecular formula is C8H18N2O2S2. The van der Waals surface area contributed by atoms with Crippen LogP contribution in [-0.4, -0.2) is 45.3 Å². The number of hydrogen-bond donors (Lipinski definition) is 2. The van der Waals surface area contributed by atoms with Gasteiger partial charge in [0.2, 0.25) is 10.0 Å². The van der Waals surface area contributed by atoms with Gasteiger partial charge in [-0.1, -0.05) is 0 Å². The third-order valence-electron chi connectivity index (χ3n) is 2.48. The molecule has 6 heteroatoms. The second-order valence-electron chi connectivity index (χ2n) is 3.63. The maximum absolute atomic E-state index is 11.4. The fourth-order valence-electron chi connectivity index (χ4n) is 1.14. The Hall–Kier alpha value is 0.220. The van der Waals surface area contributed by atoms with Gasteiger partial charge in [-0.2, -0.15) is 11.8 Å². The van der Waals surface area contributed by atoms with Crippen molar-refractivity contribution in [1.29, 1.82) is 0 Å². The minimum atomic E-state index is -3.07. The molecule has 0 unspecified atom stereocenters. The first-order valence-corrected chi connectivity index (χ1v) is 7.58. The molecule has 0 amide bonds. The van der Waals surface area contributed by atoms with E-state index in [-0.39, 0.29) is 10.5 Å². The molecule has 0 spiro atoms. The van der Waals surface area contributed by atoms with Crippen molar-refractivity contribution in [2.45, 2.75) is 17.6 Å². The van der Waals surface area contributed by atoms with E-state index in [1.807, 2.05) is 6.26 Å². The quantitative estimate of drug-likeness (QED) is 0.656. The molecule has 4 nitrogen and oxygen atoms in total. The Balaban J connectivity index is 2.29. The molecule has 0 aromatic carbocycles. The van der Waals surface area contributed by atoms with Gasteiger partial charge in [0.1, 0.15) is 0 Å². The fourth-order valence-corrected chi connectivity index (χ4v) is 3.07. The summed E-state index contributed by atoms with van der Waals surface area (Å²) < 4.78 is 25.7. The van der Waals surface area contributed by atoms with Crippen molar-refractivity contribution in [3.63, 3.8) is 0 Å². The monoisotopic (exact) mass is 238 g/mol. The zero-order valence-electron chi connectivity index (χ0n) is 8.67. The first-order valence-electron chi connectivity index (χ1n) is 4.71. The largest absolute Gasteiger partial charge is 0.319 e. The minimum Gasteiger partial charge on any atom is -0.319 e. The zero-order valence-corrected chi connectivity index (χ0v) is 10.3. The third-order valence-corrected chi connectivity index (χ3v) is 5.22. The summed E-state index contributed by atoms with van der Waals surface area (Å²) in [6, 6.07) is 0. The average molecular weight is 238 g/mol. The lowest BCUT2D eigenvalue weighted by Crippen LogP contribution is -2.35. The number of thioether (sulfide) groups is 1. The van der Waals surface area contributed by atoms with Crippen LogP contribution in [0.1, 0.15) is 12.8 Å². The Kier molecular flexibility index (Phi) is 4.24. The van der Waals surface area contributed by atoms with Crippen molar-refractivity contribution in [2.24, 2.45) is 0 Å². The highest BCUT2D eigenvalue weighted by Crippen LogP contribution is 2.46. The highest BCUT2D eigenvalue weighted by atomic mass is 32.2. The van der Waals surface area contributed by atoms with E-state index >= 15 is 0 Å².